The summed E-state index contributed by atoms with van der Waals surface area (Å²) in [6.07, 6.45) is 1.19. The number of hydrogen-bond acceptors (Lipinski definition) is 4. The van der Waals surface area contributed by atoms with E-state index in [1.807, 2.05) is 11.3 Å². The van der Waals surface area contributed by atoms with E-state index in [4.69, 9.17) is 4.74 Å². The molecule has 0 saturated carbocycles. The summed E-state index contributed by atoms with van der Waals surface area (Å²) in [5.74, 6) is 0.687. The summed E-state index contributed by atoms with van der Waals surface area (Å²) in [6.45, 7) is 15.1. The molecule has 0 aliphatic rings. The molecule has 0 radical (unpaired) electrons. The number of aryl methyl sites for hydroxylation is 1. The van der Waals surface area contributed by atoms with Crippen LogP contribution >= 0.6 is 11.3 Å². The van der Waals surface area contributed by atoms with Gasteiger partial charge in [-0.05, 0) is 37.4 Å². The molecule has 122 valence electrons. The van der Waals surface area contributed by atoms with E-state index in [9.17, 15) is 0 Å². The lowest BCUT2D eigenvalue weighted by Gasteiger charge is -2.23. The Labute approximate surface area is 134 Å². The molecule has 1 heterocycles. The van der Waals surface area contributed by atoms with Gasteiger partial charge in [-0.15, -0.1) is 11.3 Å². The Kier molecular flexibility index (Phi) is 9.16. The second-order valence-electron chi connectivity index (χ2n) is 6.09. The van der Waals surface area contributed by atoms with Gasteiger partial charge in [0.1, 0.15) is 0 Å². The minimum atomic E-state index is 0.687. The Morgan fingerprint density at radius 1 is 1.38 bits per heavy atom. The average Bonchev–Trinajstić information content (AvgIpc) is 2.76. The highest BCUT2D eigenvalue weighted by Gasteiger charge is 2.12. The minimum absolute atomic E-state index is 0.687. The van der Waals surface area contributed by atoms with Gasteiger partial charge in [0.25, 0.3) is 0 Å². The van der Waals surface area contributed by atoms with Crippen LogP contribution in [0.15, 0.2) is 6.07 Å². The first-order valence-corrected chi connectivity index (χ1v) is 8.88. The van der Waals surface area contributed by atoms with Crippen LogP contribution in [0.4, 0.5) is 0 Å². The summed E-state index contributed by atoms with van der Waals surface area (Å²) in [4.78, 5) is 5.41. The molecular formula is C17H32N2OS. The second-order valence-corrected chi connectivity index (χ2v) is 7.43. The third-order valence-electron chi connectivity index (χ3n) is 3.43. The lowest BCUT2D eigenvalue weighted by atomic mass is 10.1. The molecule has 3 nitrogen and oxygen atoms in total. The number of thiophene rings is 1. The molecule has 0 bridgehead atoms. The molecule has 0 saturated heterocycles. The zero-order valence-electron chi connectivity index (χ0n) is 14.4. The number of methoxy groups -OCH3 is 1. The predicted molar refractivity (Wildman–Crippen MR) is 93.0 cm³/mol. The number of nitrogens with zero attached hydrogens (tertiary/aromatic N) is 1. The van der Waals surface area contributed by atoms with E-state index in [1.54, 1.807) is 7.11 Å². The Hall–Kier alpha value is -0.420. The van der Waals surface area contributed by atoms with Crippen molar-refractivity contribution in [1.82, 2.24) is 10.2 Å². The van der Waals surface area contributed by atoms with Crippen molar-refractivity contribution in [2.24, 2.45) is 5.92 Å². The lowest BCUT2D eigenvalue weighted by Crippen LogP contribution is -2.30. The van der Waals surface area contributed by atoms with Gasteiger partial charge in [-0.3, -0.25) is 4.90 Å². The van der Waals surface area contributed by atoms with Gasteiger partial charge in [0.2, 0.25) is 0 Å². The molecule has 0 unspecified atom stereocenters. The van der Waals surface area contributed by atoms with Crippen molar-refractivity contribution in [1.29, 1.82) is 0 Å². The van der Waals surface area contributed by atoms with Crippen molar-refractivity contribution < 1.29 is 4.74 Å². The molecule has 0 aliphatic heterocycles. The topological polar surface area (TPSA) is 24.5 Å². The molecule has 21 heavy (non-hydrogen) atoms. The van der Waals surface area contributed by atoms with Crippen LogP contribution in [0.3, 0.4) is 0 Å². The van der Waals surface area contributed by atoms with Crippen molar-refractivity contribution >= 4 is 11.3 Å². The summed E-state index contributed by atoms with van der Waals surface area (Å²) < 4.78 is 5.24. The first kappa shape index (κ1) is 18.6. The summed E-state index contributed by atoms with van der Waals surface area (Å²) >= 11 is 1.93. The molecule has 1 rings (SSSR count). The number of hydrogen-bond donors (Lipinski definition) is 1. The van der Waals surface area contributed by atoms with E-state index in [0.717, 1.165) is 39.3 Å². The van der Waals surface area contributed by atoms with Crippen LogP contribution in [0.5, 0.6) is 0 Å². The van der Waals surface area contributed by atoms with Gasteiger partial charge in [-0.2, -0.15) is 0 Å². The van der Waals surface area contributed by atoms with E-state index in [-0.39, 0.29) is 0 Å². The third kappa shape index (κ3) is 7.41. The number of rotatable bonds is 11. The van der Waals surface area contributed by atoms with Crippen LogP contribution in [0.25, 0.3) is 0 Å². The highest BCUT2D eigenvalue weighted by atomic mass is 32.1. The molecule has 0 aromatic carbocycles. The average molecular weight is 313 g/mol. The van der Waals surface area contributed by atoms with Crippen molar-refractivity contribution in [3.05, 3.63) is 21.4 Å². The van der Waals surface area contributed by atoms with E-state index in [2.05, 4.69) is 44.0 Å². The normalized spacial score (nSPS) is 11.8. The smallest absolute Gasteiger partial charge is 0.0589 e. The van der Waals surface area contributed by atoms with Crippen molar-refractivity contribution in [2.75, 3.05) is 33.4 Å². The molecule has 1 aromatic heterocycles. The maximum atomic E-state index is 5.24. The largest absolute Gasteiger partial charge is 0.383 e. The monoisotopic (exact) mass is 312 g/mol. The van der Waals surface area contributed by atoms with E-state index >= 15 is 0 Å². The SMILES string of the molecule is CCCNCc1cc(CN(CCOC)CC(C)C)c(C)s1. The molecule has 4 heteroatoms. The Morgan fingerprint density at radius 2 is 2.14 bits per heavy atom. The third-order valence-corrected chi connectivity index (χ3v) is 4.52. The van der Waals surface area contributed by atoms with Gasteiger partial charge >= 0.3 is 0 Å². The molecule has 0 spiro atoms. The van der Waals surface area contributed by atoms with Crippen LogP contribution in [0, 0.1) is 12.8 Å². The summed E-state index contributed by atoms with van der Waals surface area (Å²) in [5, 5.41) is 3.49. The quantitative estimate of drug-likeness (QED) is 0.631. The lowest BCUT2D eigenvalue weighted by molar-refractivity contribution is 0.136. The van der Waals surface area contributed by atoms with Crippen LogP contribution in [-0.4, -0.2) is 38.3 Å². The van der Waals surface area contributed by atoms with Crippen LogP contribution in [0.1, 0.15) is 42.5 Å². The van der Waals surface area contributed by atoms with Crippen molar-refractivity contribution in [3.8, 4) is 0 Å². The van der Waals surface area contributed by atoms with Gasteiger partial charge in [-0.1, -0.05) is 20.8 Å². The maximum Gasteiger partial charge on any atom is 0.0589 e. The van der Waals surface area contributed by atoms with Crippen LogP contribution < -0.4 is 5.32 Å². The van der Waals surface area contributed by atoms with Crippen molar-refractivity contribution in [3.63, 3.8) is 0 Å². The zero-order valence-corrected chi connectivity index (χ0v) is 15.2. The first-order chi connectivity index (χ1) is 10.1. The van der Waals surface area contributed by atoms with Gasteiger partial charge in [0.05, 0.1) is 6.61 Å². The highest BCUT2D eigenvalue weighted by molar-refractivity contribution is 7.12. The van der Waals surface area contributed by atoms with E-state index < -0.39 is 0 Å². The van der Waals surface area contributed by atoms with E-state index in [1.165, 1.54) is 21.7 Å². The molecule has 0 aliphatic carbocycles. The highest BCUT2D eigenvalue weighted by Crippen LogP contribution is 2.23. The summed E-state index contributed by atoms with van der Waals surface area (Å²) in [5.41, 5.74) is 1.48. The fraction of sp³-hybridized carbons (Fsp3) is 0.765. The van der Waals surface area contributed by atoms with Gasteiger partial charge < -0.3 is 10.1 Å². The van der Waals surface area contributed by atoms with Crippen LogP contribution in [-0.2, 0) is 17.8 Å². The second kappa shape index (κ2) is 10.3. The standard InChI is InChI=1S/C17H32N2OS/c1-6-7-18-11-17-10-16(15(4)21-17)13-19(8-9-20-5)12-14(2)3/h10,14,18H,6-9,11-13H2,1-5H3. The molecule has 1 aromatic rings. The molecular weight excluding hydrogens is 280 g/mol. The van der Waals surface area contributed by atoms with Gasteiger partial charge in [-0.25, -0.2) is 0 Å². The molecule has 0 fully saturated rings. The number of nitrogens with one attached hydrogen (secondary N) is 1. The predicted octanol–water partition coefficient (Wildman–Crippen LogP) is 3.66. The summed E-state index contributed by atoms with van der Waals surface area (Å²) in [7, 11) is 1.78. The van der Waals surface area contributed by atoms with Gasteiger partial charge in [0, 0.05) is 43.0 Å². The minimum Gasteiger partial charge on any atom is -0.383 e. The van der Waals surface area contributed by atoms with Crippen molar-refractivity contribution in [2.45, 2.75) is 47.2 Å². The fourth-order valence-electron chi connectivity index (χ4n) is 2.43. The van der Waals surface area contributed by atoms with E-state index in [0.29, 0.717) is 5.92 Å². The summed E-state index contributed by atoms with van der Waals surface area (Å²) in [6, 6.07) is 2.38. The Balaban J connectivity index is 2.60. The van der Waals surface area contributed by atoms with Crippen LogP contribution in [0.2, 0.25) is 0 Å². The number of ether oxygens (including phenoxy) is 1. The first-order valence-electron chi connectivity index (χ1n) is 8.07. The Morgan fingerprint density at radius 3 is 2.76 bits per heavy atom. The van der Waals surface area contributed by atoms with Gasteiger partial charge in [0.15, 0.2) is 0 Å². The molecule has 0 atom stereocenters. The molecule has 1 N–H and O–H groups in total. The maximum absolute atomic E-state index is 5.24. The zero-order chi connectivity index (χ0) is 15.7. The Bertz CT molecular complexity index is 390. The fourth-order valence-corrected chi connectivity index (χ4v) is 3.46. The molecule has 0 amide bonds.